The molecule has 3 aromatic rings. The third kappa shape index (κ3) is 4.88. The molecule has 0 amide bonds. The van der Waals surface area contributed by atoms with Crippen molar-refractivity contribution in [2.24, 2.45) is 0 Å². The molecule has 2 heterocycles. The van der Waals surface area contributed by atoms with Gasteiger partial charge in [-0.2, -0.15) is 18.2 Å². The van der Waals surface area contributed by atoms with Gasteiger partial charge in [0.15, 0.2) is 5.69 Å². The lowest BCUT2D eigenvalue weighted by atomic mass is 10.0. The normalized spacial score (nSPS) is 11.4. The average molecular weight is 441 g/mol. The summed E-state index contributed by atoms with van der Waals surface area (Å²) in [5.74, 6) is -0.461. The van der Waals surface area contributed by atoms with Crippen LogP contribution < -0.4 is 16.4 Å². The number of nitrogens with two attached hydrogens (primary N) is 1. The second kappa shape index (κ2) is 8.70. The smallest absolute Gasteiger partial charge is 0.373 e. The summed E-state index contributed by atoms with van der Waals surface area (Å²) in [6.45, 7) is 0. The van der Waals surface area contributed by atoms with E-state index >= 15 is 0 Å². The van der Waals surface area contributed by atoms with Crippen molar-refractivity contribution in [3.63, 3.8) is 0 Å². The van der Waals surface area contributed by atoms with Gasteiger partial charge >= 0.3 is 6.18 Å². The van der Waals surface area contributed by atoms with E-state index in [2.05, 4.69) is 25.6 Å². The largest absolute Gasteiger partial charge is 0.433 e. The van der Waals surface area contributed by atoms with Gasteiger partial charge < -0.3 is 16.4 Å². The zero-order valence-corrected chi connectivity index (χ0v) is 16.4. The molecule has 0 aliphatic rings. The second-order valence-electron chi connectivity index (χ2n) is 6.28. The Morgan fingerprint density at radius 2 is 1.87 bits per heavy atom. The maximum absolute atomic E-state index is 14.7. The molecule has 1 aromatic carbocycles. The average Bonchev–Trinajstić information content (AvgIpc) is 2.68. The highest BCUT2D eigenvalue weighted by molar-refractivity contribution is 6.17. The minimum atomic E-state index is -4.68. The van der Waals surface area contributed by atoms with Crippen LogP contribution >= 0.6 is 11.6 Å². The van der Waals surface area contributed by atoms with Crippen LogP contribution in [0.4, 0.5) is 40.8 Å². The first-order valence-electron chi connectivity index (χ1n) is 8.69. The molecule has 158 valence electrons. The number of nitrogens with one attached hydrogen (secondary N) is 2. The first-order chi connectivity index (χ1) is 14.2. The number of nitrogens with zero attached hydrogens (tertiary/aromatic N) is 3. The molecular formula is C19H17ClF4N6. The summed E-state index contributed by atoms with van der Waals surface area (Å²) in [6, 6.07) is 6.69. The number of aromatic nitrogens is 3. The summed E-state index contributed by atoms with van der Waals surface area (Å²) < 4.78 is 53.3. The van der Waals surface area contributed by atoms with E-state index in [-0.39, 0.29) is 23.8 Å². The minimum Gasteiger partial charge on any atom is -0.373 e. The van der Waals surface area contributed by atoms with Crippen molar-refractivity contribution < 1.29 is 17.6 Å². The highest BCUT2D eigenvalue weighted by Gasteiger charge is 2.33. The molecular weight excluding hydrogens is 424 g/mol. The fraction of sp³-hybridized carbons (Fsp3) is 0.211. The van der Waals surface area contributed by atoms with Gasteiger partial charge in [0, 0.05) is 37.0 Å². The Kier molecular flexibility index (Phi) is 6.25. The molecule has 0 radical (unpaired) electrons. The van der Waals surface area contributed by atoms with E-state index in [0.717, 1.165) is 11.1 Å². The van der Waals surface area contributed by atoms with Gasteiger partial charge in [-0.1, -0.05) is 6.07 Å². The summed E-state index contributed by atoms with van der Waals surface area (Å²) >= 11 is 6.01. The van der Waals surface area contributed by atoms with Crippen LogP contribution in [0.3, 0.4) is 0 Å². The zero-order chi connectivity index (χ0) is 21.9. The fourth-order valence-corrected chi connectivity index (χ4v) is 3.16. The Labute approximate surface area is 174 Å². The maximum atomic E-state index is 14.7. The standard InChI is InChI=1S/C19H17ClF4N6/c1-26-17-13(9-20)10(4-5-27-17)6-11-2-3-12(7-14(11)21)28-16-8-15(19(22,23)24)29-18(25)30-16/h2-5,7-8H,6,9H2,1H3,(H,26,27)(H3,25,28,29,30). The van der Waals surface area contributed by atoms with Gasteiger partial charge in [0.25, 0.3) is 0 Å². The topological polar surface area (TPSA) is 88.8 Å². The minimum absolute atomic E-state index is 0.195. The monoisotopic (exact) mass is 440 g/mol. The van der Waals surface area contributed by atoms with Crippen molar-refractivity contribution in [2.45, 2.75) is 18.5 Å². The van der Waals surface area contributed by atoms with Gasteiger partial charge in [-0.25, -0.2) is 14.4 Å². The van der Waals surface area contributed by atoms with E-state index in [9.17, 15) is 17.6 Å². The van der Waals surface area contributed by atoms with Gasteiger partial charge in [-0.05, 0) is 29.3 Å². The number of nitrogen functional groups attached to an aromatic ring is 1. The number of hydrogen-bond acceptors (Lipinski definition) is 6. The summed E-state index contributed by atoms with van der Waals surface area (Å²) in [6.07, 6.45) is -2.81. The van der Waals surface area contributed by atoms with Crippen LogP contribution in [-0.2, 0) is 18.5 Å². The Morgan fingerprint density at radius 3 is 2.50 bits per heavy atom. The summed E-state index contributed by atoms with van der Waals surface area (Å²) in [5.41, 5.74) is 6.32. The van der Waals surface area contributed by atoms with Crippen molar-refractivity contribution in [2.75, 3.05) is 23.4 Å². The predicted molar refractivity (Wildman–Crippen MR) is 107 cm³/mol. The third-order valence-corrected chi connectivity index (χ3v) is 4.53. The molecule has 11 heteroatoms. The number of halogens is 5. The van der Waals surface area contributed by atoms with Gasteiger partial charge in [0.1, 0.15) is 17.5 Å². The van der Waals surface area contributed by atoms with Crippen LogP contribution in [0.5, 0.6) is 0 Å². The molecule has 0 unspecified atom stereocenters. The molecule has 0 spiro atoms. The summed E-state index contributed by atoms with van der Waals surface area (Å²) in [7, 11) is 1.72. The third-order valence-electron chi connectivity index (χ3n) is 4.26. The zero-order valence-electron chi connectivity index (χ0n) is 15.7. The predicted octanol–water partition coefficient (Wildman–Crippen LogP) is 4.73. The molecule has 0 fully saturated rings. The first-order valence-corrected chi connectivity index (χ1v) is 9.22. The Bertz CT molecular complexity index is 1060. The lowest BCUT2D eigenvalue weighted by Crippen LogP contribution is -2.12. The Balaban J connectivity index is 1.84. The van der Waals surface area contributed by atoms with E-state index < -0.39 is 23.6 Å². The molecule has 0 bridgehead atoms. The van der Waals surface area contributed by atoms with Crippen LogP contribution in [0.1, 0.15) is 22.4 Å². The fourth-order valence-electron chi connectivity index (χ4n) is 2.86. The summed E-state index contributed by atoms with van der Waals surface area (Å²) in [5, 5.41) is 5.56. The second-order valence-corrected chi connectivity index (χ2v) is 6.55. The van der Waals surface area contributed by atoms with Gasteiger partial charge in [-0.3, -0.25) is 0 Å². The van der Waals surface area contributed by atoms with Crippen LogP contribution in [0.15, 0.2) is 36.5 Å². The highest BCUT2D eigenvalue weighted by atomic mass is 35.5. The van der Waals surface area contributed by atoms with Crippen LogP contribution in [0.25, 0.3) is 0 Å². The van der Waals surface area contributed by atoms with Crippen molar-refractivity contribution in [1.29, 1.82) is 0 Å². The number of benzene rings is 1. The molecule has 6 nitrogen and oxygen atoms in total. The number of hydrogen-bond donors (Lipinski definition) is 3. The van der Waals surface area contributed by atoms with E-state index in [0.29, 0.717) is 17.4 Å². The Hall–Kier alpha value is -3.14. The van der Waals surface area contributed by atoms with E-state index in [1.807, 2.05) is 0 Å². The number of rotatable bonds is 6. The molecule has 0 atom stereocenters. The SMILES string of the molecule is CNc1nccc(Cc2ccc(Nc3cc(C(F)(F)F)nc(N)n3)cc2F)c1CCl. The molecule has 0 aliphatic carbocycles. The lowest BCUT2D eigenvalue weighted by Gasteiger charge is -2.13. The molecule has 3 rings (SSSR count). The summed E-state index contributed by atoms with van der Waals surface area (Å²) in [4.78, 5) is 11.1. The molecule has 0 saturated heterocycles. The van der Waals surface area contributed by atoms with Crippen LogP contribution in [-0.4, -0.2) is 22.0 Å². The molecule has 4 N–H and O–H groups in total. The van der Waals surface area contributed by atoms with Gasteiger partial charge in [-0.15, -0.1) is 11.6 Å². The van der Waals surface area contributed by atoms with Gasteiger partial charge in [0.05, 0.1) is 5.88 Å². The van der Waals surface area contributed by atoms with E-state index in [1.165, 1.54) is 18.2 Å². The van der Waals surface area contributed by atoms with Gasteiger partial charge in [0.2, 0.25) is 5.95 Å². The number of alkyl halides is 4. The first kappa shape index (κ1) is 21.6. The molecule has 30 heavy (non-hydrogen) atoms. The molecule has 0 aliphatic heterocycles. The quantitative estimate of drug-likeness (QED) is 0.379. The Morgan fingerprint density at radius 1 is 1.10 bits per heavy atom. The van der Waals surface area contributed by atoms with Crippen LogP contribution in [0.2, 0.25) is 0 Å². The molecule has 2 aromatic heterocycles. The molecule has 0 saturated carbocycles. The van der Waals surface area contributed by atoms with E-state index in [1.54, 1.807) is 19.3 Å². The van der Waals surface area contributed by atoms with Crippen molar-refractivity contribution in [3.05, 3.63) is 64.7 Å². The number of pyridine rings is 1. The van der Waals surface area contributed by atoms with Crippen LogP contribution in [0, 0.1) is 5.82 Å². The van der Waals surface area contributed by atoms with Crippen molar-refractivity contribution in [3.8, 4) is 0 Å². The maximum Gasteiger partial charge on any atom is 0.433 e. The number of anilines is 4. The van der Waals surface area contributed by atoms with E-state index in [4.69, 9.17) is 17.3 Å². The lowest BCUT2D eigenvalue weighted by molar-refractivity contribution is -0.141. The van der Waals surface area contributed by atoms with Crippen molar-refractivity contribution in [1.82, 2.24) is 15.0 Å². The van der Waals surface area contributed by atoms with Crippen molar-refractivity contribution >= 4 is 34.9 Å². The highest BCUT2D eigenvalue weighted by Crippen LogP contribution is 2.30.